The van der Waals surface area contributed by atoms with Crippen LogP contribution in [0.4, 0.5) is 11.5 Å². The van der Waals surface area contributed by atoms with Crippen molar-refractivity contribution >= 4 is 11.5 Å². The van der Waals surface area contributed by atoms with Crippen molar-refractivity contribution in [1.29, 1.82) is 0 Å². The molecule has 0 saturated carbocycles. The SMILES string of the molecule is CCc1cc(CN)cc(N(CC)c2cccc(C)c2)n1. The summed E-state index contributed by atoms with van der Waals surface area (Å²) in [5.74, 6) is 0.984. The summed E-state index contributed by atoms with van der Waals surface area (Å²) in [6.45, 7) is 7.81. The highest BCUT2D eigenvalue weighted by atomic mass is 15.2. The highest BCUT2D eigenvalue weighted by molar-refractivity contribution is 5.61. The summed E-state index contributed by atoms with van der Waals surface area (Å²) in [5, 5.41) is 0. The van der Waals surface area contributed by atoms with E-state index in [0.717, 1.165) is 30.0 Å². The van der Waals surface area contributed by atoms with E-state index in [-0.39, 0.29) is 0 Å². The standard InChI is InChI=1S/C17H23N3/c1-4-15-10-14(12-18)11-17(19-15)20(5-2)16-8-6-7-13(3)9-16/h6-11H,4-5,12,18H2,1-3H3. The van der Waals surface area contributed by atoms with E-state index in [0.29, 0.717) is 6.54 Å². The lowest BCUT2D eigenvalue weighted by molar-refractivity contribution is 0.934. The molecule has 0 atom stereocenters. The van der Waals surface area contributed by atoms with Crippen LogP contribution in [0.5, 0.6) is 0 Å². The van der Waals surface area contributed by atoms with Crippen molar-refractivity contribution in [3.63, 3.8) is 0 Å². The fourth-order valence-corrected chi connectivity index (χ4v) is 2.34. The number of nitrogens with zero attached hydrogens (tertiary/aromatic N) is 2. The third-order valence-corrected chi connectivity index (χ3v) is 3.43. The number of aromatic nitrogens is 1. The monoisotopic (exact) mass is 269 g/mol. The molecule has 0 unspecified atom stereocenters. The first-order valence-electron chi connectivity index (χ1n) is 7.22. The molecular weight excluding hydrogens is 246 g/mol. The second-order valence-electron chi connectivity index (χ2n) is 4.97. The van der Waals surface area contributed by atoms with Gasteiger partial charge in [0.05, 0.1) is 0 Å². The van der Waals surface area contributed by atoms with Gasteiger partial charge in [0.15, 0.2) is 0 Å². The van der Waals surface area contributed by atoms with Crippen molar-refractivity contribution in [1.82, 2.24) is 4.98 Å². The quantitative estimate of drug-likeness (QED) is 0.902. The van der Waals surface area contributed by atoms with E-state index in [1.165, 1.54) is 11.3 Å². The first-order valence-corrected chi connectivity index (χ1v) is 7.22. The van der Waals surface area contributed by atoms with Gasteiger partial charge >= 0.3 is 0 Å². The fraction of sp³-hybridized carbons (Fsp3) is 0.353. The normalized spacial score (nSPS) is 10.6. The molecule has 106 valence electrons. The van der Waals surface area contributed by atoms with Crippen molar-refractivity contribution in [2.24, 2.45) is 5.73 Å². The molecule has 1 aromatic carbocycles. The van der Waals surface area contributed by atoms with Gasteiger partial charge in [0.25, 0.3) is 0 Å². The van der Waals surface area contributed by atoms with Gasteiger partial charge in [-0.05, 0) is 55.7 Å². The lowest BCUT2D eigenvalue weighted by Crippen LogP contribution is -2.18. The lowest BCUT2D eigenvalue weighted by atomic mass is 10.1. The molecule has 0 spiro atoms. The van der Waals surface area contributed by atoms with Crippen LogP contribution in [0.25, 0.3) is 0 Å². The Morgan fingerprint density at radius 2 is 1.95 bits per heavy atom. The van der Waals surface area contributed by atoms with Crippen LogP contribution < -0.4 is 10.6 Å². The summed E-state index contributed by atoms with van der Waals surface area (Å²) in [6, 6.07) is 12.7. The maximum Gasteiger partial charge on any atom is 0.133 e. The van der Waals surface area contributed by atoms with Crippen LogP contribution in [-0.4, -0.2) is 11.5 Å². The van der Waals surface area contributed by atoms with Crippen molar-refractivity contribution in [2.45, 2.75) is 33.7 Å². The van der Waals surface area contributed by atoms with Crippen molar-refractivity contribution < 1.29 is 0 Å². The van der Waals surface area contributed by atoms with Crippen LogP contribution in [0, 0.1) is 6.92 Å². The van der Waals surface area contributed by atoms with Gasteiger partial charge in [-0.25, -0.2) is 4.98 Å². The highest BCUT2D eigenvalue weighted by Gasteiger charge is 2.10. The van der Waals surface area contributed by atoms with Gasteiger partial charge in [0, 0.05) is 24.5 Å². The predicted molar refractivity (Wildman–Crippen MR) is 85.4 cm³/mol. The van der Waals surface area contributed by atoms with E-state index >= 15 is 0 Å². The minimum atomic E-state index is 0.549. The average Bonchev–Trinajstić information content (AvgIpc) is 2.47. The van der Waals surface area contributed by atoms with Crippen molar-refractivity contribution in [3.8, 4) is 0 Å². The molecule has 2 rings (SSSR count). The zero-order valence-corrected chi connectivity index (χ0v) is 12.6. The smallest absolute Gasteiger partial charge is 0.133 e. The maximum absolute atomic E-state index is 5.80. The Kier molecular flexibility index (Phi) is 4.74. The van der Waals surface area contributed by atoms with Gasteiger partial charge in [-0.1, -0.05) is 19.1 Å². The molecule has 20 heavy (non-hydrogen) atoms. The summed E-state index contributed by atoms with van der Waals surface area (Å²) in [5.41, 5.74) is 10.5. The molecule has 0 amide bonds. The Labute approximate surface area is 121 Å². The van der Waals surface area contributed by atoms with Crippen molar-refractivity contribution in [2.75, 3.05) is 11.4 Å². The van der Waals surface area contributed by atoms with E-state index in [1.54, 1.807) is 0 Å². The first kappa shape index (κ1) is 14.5. The lowest BCUT2D eigenvalue weighted by Gasteiger charge is -2.23. The number of nitrogens with two attached hydrogens (primary N) is 1. The third kappa shape index (κ3) is 3.17. The number of aryl methyl sites for hydroxylation is 2. The van der Waals surface area contributed by atoms with Gasteiger partial charge in [-0.3, -0.25) is 0 Å². The molecule has 0 aliphatic carbocycles. The van der Waals surface area contributed by atoms with Crippen LogP contribution in [0.15, 0.2) is 36.4 Å². The van der Waals surface area contributed by atoms with E-state index < -0.39 is 0 Å². The predicted octanol–water partition coefficient (Wildman–Crippen LogP) is 3.57. The molecule has 0 radical (unpaired) electrons. The number of pyridine rings is 1. The zero-order chi connectivity index (χ0) is 14.5. The summed E-state index contributed by atoms with van der Waals surface area (Å²) in [6.07, 6.45) is 0.923. The van der Waals surface area contributed by atoms with Gasteiger partial charge in [0.2, 0.25) is 0 Å². The summed E-state index contributed by atoms with van der Waals surface area (Å²) in [4.78, 5) is 6.97. The Balaban J connectivity index is 2.45. The number of rotatable bonds is 5. The number of anilines is 2. The van der Waals surface area contributed by atoms with E-state index in [1.807, 2.05) is 0 Å². The van der Waals surface area contributed by atoms with E-state index in [9.17, 15) is 0 Å². The van der Waals surface area contributed by atoms with Gasteiger partial charge in [-0.15, -0.1) is 0 Å². The third-order valence-electron chi connectivity index (χ3n) is 3.43. The molecule has 1 aromatic heterocycles. The molecule has 0 aliphatic rings. The first-order chi connectivity index (χ1) is 9.67. The molecule has 0 aliphatic heterocycles. The minimum Gasteiger partial charge on any atom is -0.327 e. The van der Waals surface area contributed by atoms with Gasteiger partial charge in [-0.2, -0.15) is 0 Å². The second-order valence-corrected chi connectivity index (χ2v) is 4.97. The molecule has 1 heterocycles. The van der Waals surface area contributed by atoms with Crippen LogP contribution >= 0.6 is 0 Å². The topological polar surface area (TPSA) is 42.1 Å². The van der Waals surface area contributed by atoms with E-state index in [2.05, 4.69) is 62.1 Å². The Bertz CT molecular complexity index is 556. The molecule has 3 nitrogen and oxygen atoms in total. The summed E-state index contributed by atoms with van der Waals surface area (Å²) < 4.78 is 0. The Morgan fingerprint density at radius 1 is 1.15 bits per heavy atom. The van der Waals surface area contributed by atoms with Crippen LogP contribution in [0.2, 0.25) is 0 Å². The second kappa shape index (κ2) is 6.53. The zero-order valence-electron chi connectivity index (χ0n) is 12.6. The van der Waals surface area contributed by atoms with E-state index in [4.69, 9.17) is 10.7 Å². The summed E-state index contributed by atoms with van der Waals surface area (Å²) >= 11 is 0. The molecule has 0 bridgehead atoms. The molecule has 0 fully saturated rings. The van der Waals surface area contributed by atoms with Crippen LogP contribution in [0.1, 0.15) is 30.7 Å². The molecule has 0 saturated heterocycles. The number of hydrogen-bond donors (Lipinski definition) is 1. The van der Waals surface area contributed by atoms with Crippen molar-refractivity contribution in [3.05, 3.63) is 53.2 Å². The molecule has 3 heteroatoms. The number of hydrogen-bond acceptors (Lipinski definition) is 3. The van der Waals surface area contributed by atoms with Gasteiger partial charge in [0.1, 0.15) is 5.82 Å². The molecule has 2 aromatic rings. The minimum absolute atomic E-state index is 0.549. The average molecular weight is 269 g/mol. The number of benzene rings is 1. The van der Waals surface area contributed by atoms with Gasteiger partial charge < -0.3 is 10.6 Å². The summed E-state index contributed by atoms with van der Waals surface area (Å²) in [7, 11) is 0. The highest BCUT2D eigenvalue weighted by Crippen LogP contribution is 2.25. The Hall–Kier alpha value is -1.87. The molecule has 2 N–H and O–H groups in total. The maximum atomic E-state index is 5.80. The largest absolute Gasteiger partial charge is 0.327 e. The molecular formula is C17H23N3. The van der Waals surface area contributed by atoms with Crippen LogP contribution in [0.3, 0.4) is 0 Å². The Morgan fingerprint density at radius 3 is 2.55 bits per heavy atom. The fourth-order valence-electron chi connectivity index (χ4n) is 2.34. The van der Waals surface area contributed by atoms with Crippen LogP contribution in [-0.2, 0) is 13.0 Å².